The predicted molar refractivity (Wildman–Crippen MR) is 134 cm³/mol. The van der Waals surface area contributed by atoms with E-state index in [1.54, 1.807) is 40.3 Å². The molecule has 0 aliphatic rings. The molecule has 13 nitrogen and oxygen atoms in total. The molecule has 4 rings (SSSR count). The number of aryl methyl sites for hydroxylation is 4. The third-order valence-corrected chi connectivity index (χ3v) is 8.11. The van der Waals surface area contributed by atoms with Crippen LogP contribution in [0.4, 0.5) is 0 Å². The molecule has 0 amide bonds. The molecule has 0 bridgehead atoms. The van der Waals surface area contributed by atoms with Crippen molar-refractivity contribution in [1.29, 1.82) is 0 Å². The predicted octanol–water partition coefficient (Wildman–Crippen LogP) is -7.22. The molecular weight excluding hydrogens is 581 g/mol. The van der Waals surface area contributed by atoms with E-state index in [4.69, 9.17) is 4.98 Å². The van der Waals surface area contributed by atoms with E-state index < -0.39 is 31.7 Å². The van der Waals surface area contributed by atoms with Crippen LogP contribution < -0.4 is 61.8 Å². The van der Waals surface area contributed by atoms with E-state index in [-0.39, 0.29) is 82.5 Å². The molecule has 206 valence electrons. The van der Waals surface area contributed by atoms with Crippen LogP contribution in [-0.4, -0.2) is 56.5 Å². The molecule has 0 saturated heterocycles. The van der Waals surface area contributed by atoms with E-state index in [0.29, 0.717) is 56.2 Å². The van der Waals surface area contributed by atoms with Crippen molar-refractivity contribution in [3.05, 3.63) is 41.7 Å². The quantitative estimate of drug-likeness (QED) is 0.0489. The number of imidazole rings is 2. The van der Waals surface area contributed by atoms with Crippen LogP contribution in [0, 0.1) is 13.8 Å². The molecular formula is C22H23Li3N4O9S3. The monoisotopic (exact) mass is 604 g/mol. The topological polar surface area (TPSA) is 192 Å². The van der Waals surface area contributed by atoms with Crippen molar-refractivity contribution in [1.82, 2.24) is 19.1 Å². The van der Waals surface area contributed by atoms with Gasteiger partial charge < -0.3 is 23.5 Å². The van der Waals surface area contributed by atoms with Gasteiger partial charge in [0.25, 0.3) is 0 Å². The van der Waals surface area contributed by atoms with Crippen molar-refractivity contribution in [3.63, 3.8) is 0 Å². The molecule has 0 atom stereocenters. The first-order valence-corrected chi connectivity index (χ1v) is 15.2. The van der Waals surface area contributed by atoms with E-state index in [2.05, 4.69) is 14.4 Å². The van der Waals surface area contributed by atoms with E-state index >= 15 is 0 Å². The number of nitrogens with zero attached hydrogens (tertiary/aromatic N) is 4. The molecule has 0 aliphatic carbocycles. The van der Waals surface area contributed by atoms with Gasteiger partial charge in [-0.25, -0.2) is 26.8 Å². The van der Waals surface area contributed by atoms with Crippen LogP contribution in [0.25, 0.3) is 33.5 Å². The second-order valence-corrected chi connectivity index (χ2v) is 12.5. The Kier molecular flexibility index (Phi) is 14.7. The zero-order valence-electron chi connectivity index (χ0n) is 23.3. The van der Waals surface area contributed by atoms with Crippen LogP contribution in [0.15, 0.2) is 35.2 Å². The molecule has 0 spiro atoms. The van der Waals surface area contributed by atoms with Gasteiger partial charge in [0.1, 0.15) is 11.6 Å². The largest absolute Gasteiger partial charge is 1.00 e. The van der Waals surface area contributed by atoms with Crippen LogP contribution in [0.1, 0.15) is 24.2 Å². The Morgan fingerprint density at radius 3 is 1.93 bits per heavy atom. The van der Waals surface area contributed by atoms with Gasteiger partial charge in [0.2, 0.25) is 0 Å². The maximum atomic E-state index is 11.2. The molecule has 0 N–H and O–H groups in total. The molecule has 2 aromatic heterocycles. The van der Waals surface area contributed by atoms with Gasteiger partial charge in [0.05, 0.1) is 54.3 Å². The first-order chi connectivity index (χ1) is 17.9. The summed E-state index contributed by atoms with van der Waals surface area (Å²) < 4.78 is 74.9. The fourth-order valence-electron chi connectivity index (χ4n) is 4.31. The van der Waals surface area contributed by atoms with Crippen LogP contribution in [0.5, 0.6) is 0 Å². The van der Waals surface area contributed by atoms with Crippen molar-refractivity contribution < 1.29 is 97.2 Å². The second-order valence-electron chi connectivity index (χ2n) is 8.68. The first kappa shape index (κ1) is 38.2. The van der Waals surface area contributed by atoms with E-state index in [1.807, 2.05) is 13.0 Å². The van der Waals surface area contributed by atoms with Gasteiger partial charge in [0, 0.05) is 35.1 Å². The maximum absolute atomic E-state index is 11.2. The number of benzene rings is 2. The summed E-state index contributed by atoms with van der Waals surface area (Å²) in [6.07, 6.45) is 0.152. The number of rotatable bonds is 12. The summed E-state index contributed by atoms with van der Waals surface area (Å²) >= 11 is 0.698. The van der Waals surface area contributed by atoms with Gasteiger partial charge in [-0.05, 0) is 56.5 Å². The summed E-state index contributed by atoms with van der Waals surface area (Å²) in [5.41, 5.74) is 3.89. The van der Waals surface area contributed by atoms with E-state index in [0.717, 1.165) is 5.56 Å². The van der Waals surface area contributed by atoms with Crippen molar-refractivity contribution in [3.8, 4) is 11.4 Å². The summed E-state index contributed by atoms with van der Waals surface area (Å²) in [6.45, 7) is 4.02. The van der Waals surface area contributed by atoms with Gasteiger partial charge in [0.15, 0.2) is 0 Å². The van der Waals surface area contributed by atoms with E-state index in [9.17, 15) is 31.2 Å². The Labute approximate surface area is 277 Å². The third-order valence-electron chi connectivity index (χ3n) is 5.89. The van der Waals surface area contributed by atoms with Crippen molar-refractivity contribution in [2.75, 3.05) is 11.5 Å². The summed E-state index contributed by atoms with van der Waals surface area (Å²) in [7, 11) is -8.78. The van der Waals surface area contributed by atoms with Crippen LogP contribution in [0.2, 0.25) is 0 Å². The van der Waals surface area contributed by atoms with Crippen molar-refractivity contribution >= 4 is 54.3 Å². The Balaban J connectivity index is 0.00000280. The minimum atomic E-state index is -4.43. The number of hydrogen-bond acceptors (Lipinski definition) is 12. The molecule has 41 heavy (non-hydrogen) atoms. The van der Waals surface area contributed by atoms with Gasteiger partial charge in [-0.15, -0.1) is 0 Å². The summed E-state index contributed by atoms with van der Waals surface area (Å²) in [5, 5.41) is 14.0. The molecule has 0 saturated carbocycles. The average Bonchev–Trinajstić information content (AvgIpc) is 3.31. The normalized spacial score (nSPS) is 11.7. The Bertz CT molecular complexity index is 1710. The number of hydrogen-bond donors (Lipinski definition) is 0. The van der Waals surface area contributed by atoms with Gasteiger partial charge in [-0.2, -0.15) is 4.33 Å². The summed E-state index contributed by atoms with van der Waals surface area (Å²) in [5.74, 6) is -0.00705. The molecule has 2 aromatic carbocycles. The Morgan fingerprint density at radius 1 is 0.829 bits per heavy atom. The first-order valence-electron chi connectivity index (χ1n) is 11.3. The average molecular weight is 604 g/mol. The van der Waals surface area contributed by atoms with E-state index in [1.165, 1.54) is 0 Å². The fraction of sp³-hybridized carbons (Fsp3) is 0.364. The third kappa shape index (κ3) is 9.86. The SMILES string of the molecule is Cc1ccc(-c2nc3cc4c(cc3n2CCCS(=O)(=O)[O-])nc(C)n4CCCS(=O)(=O)[O-])c(SOO[O-])c1.[Li+].[Li+].[Li+]. The molecule has 0 fully saturated rings. The van der Waals surface area contributed by atoms with Crippen molar-refractivity contribution in [2.24, 2.45) is 0 Å². The molecule has 4 aromatic rings. The molecule has 2 heterocycles. The Hall–Kier alpha value is -0.778. The van der Waals surface area contributed by atoms with Gasteiger partial charge in [-0.1, -0.05) is 6.07 Å². The maximum Gasteiger partial charge on any atom is 1.00 e. The minimum absolute atomic E-state index is 0. The molecule has 0 unspecified atom stereocenters. The summed E-state index contributed by atoms with van der Waals surface area (Å²) in [4.78, 5) is 9.86. The smallest absolute Gasteiger partial charge is 0.748 e. The zero-order valence-corrected chi connectivity index (χ0v) is 25.8. The Morgan fingerprint density at radius 2 is 1.37 bits per heavy atom. The fourth-order valence-corrected chi connectivity index (χ4v) is 5.86. The molecule has 0 aliphatic heterocycles. The molecule has 19 heteroatoms. The van der Waals surface area contributed by atoms with Crippen LogP contribution in [0.3, 0.4) is 0 Å². The van der Waals surface area contributed by atoms with Gasteiger partial charge in [-0.3, -0.25) is 5.04 Å². The van der Waals surface area contributed by atoms with Gasteiger partial charge >= 0.3 is 56.6 Å². The zero-order chi connectivity index (χ0) is 27.7. The number of fused-ring (bicyclic) bond motifs is 2. The van der Waals surface area contributed by atoms with Crippen LogP contribution >= 0.6 is 12.0 Å². The standard InChI is InChI=1S/C22H26N4O9S3.3Li/c1-14-5-6-16(21(11-14)36-35-34-27)22-24-18-13-19-17(12-20(18)26(22)8-4-10-38(31,32)33)23-15(2)25(19)7-3-9-37(28,29)30;;;/h5-6,11-13,27H,3-4,7-10H2,1-2H3,(H,28,29,30)(H,31,32,33);;;/q;3*+1/p-3. The van der Waals surface area contributed by atoms with Crippen molar-refractivity contribution in [2.45, 2.75) is 44.7 Å². The molecule has 0 radical (unpaired) electrons. The van der Waals surface area contributed by atoms with Crippen LogP contribution in [-0.2, 0) is 42.7 Å². The second kappa shape index (κ2) is 15.8. The minimum Gasteiger partial charge on any atom is -0.748 e. The summed E-state index contributed by atoms with van der Waals surface area (Å²) in [6, 6.07) is 8.93. The number of aromatic nitrogens is 4.